The average molecular weight is 264 g/mol. The molecule has 2 aromatic heterocycles. The van der Waals surface area contributed by atoms with Crippen LogP contribution in [0.4, 0.5) is 5.95 Å². The maximum Gasteiger partial charge on any atom is 0.222 e. The van der Waals surface area contributed by atoms with E-state index >= 15 is 0 Å². The fourth-order valence-corrected chi connectivity index (χ4v) is 2.21. The van der Waals surface area contributed by atoms with Crippen molar-refractivity contribution in [2.24, 2.45) is 0 Å². The van der Waals surface area contributed by atoms with Crippen LogP contribution in [-0.2, 0) is 6.42 Å². The molecule has 0 aliphatic heterocycles. The number of nitriles is 1. The summed E-state index contributed by atoms with van der Waals surface area (Å²) in [6.07, 6.45) is 0.206. The van der Waals surface area contributed by atoms with Crippen LogP contribution in [0.1, 0.15) is 11.5 Å². The molecule has 0 unspecified atom stereocenters. The van der Waals surface area contributed by atoms with E-state index < -0.39 is 0 Å². The minimum Gasteiger partial charge on any atom is -0.368 e. The number of aryl methyl sites for hydroxylation is 1. The van der Waals surface area contributed by atoms with Gasteiger partial charge in [-0.1, -0.05) is 12.1 Å². The van der Waals surface area contributed by atoms with Gasteiger partial charge in [0.15, 0.2) is 0 Å². The fourth-order valence-electron chi connectivity index (χ4n) is 2.21. The van der Waals surface area contributed by atoms with Gasteiger partial charge in [-0.15, -0.1) is 0 Å². The van der Waals surface area contributed by atoms with E-state index in [9.17, 15) is 0 Å². The third-order valence-corrected chi connectivity index (χ3v) is 2.95. The number of hydrogen-bond donors (Lipinski definition) is 1. The van der Waals surface area contributed by atoms with Gasteiger partial charge in [-0.05, 0) is 19.1 Å². The summed E-state index contributed by atoms with van der Waals surface area (Å²) < 4.78 is 1.85. The van der Waals surface area contributed by atoms with Crippen LogP contribution < -0.4 is 5.73 Å². The molecule has 2 heterocycles. The molecule has 0 saturated carbocycles. The van der Waals surface area contributed by atoms with E-state index in [1.165, 1.54) is 0 Å². The van der Waals surface area contributed by atoms with E-state index in [1.807, 2.05) is 41.8 Å². The predicted octanol–water partition coefficient (Wildman–Crippen LogP) is 1.77. The second kappa shape index (κ2) is 4.63. The number of nitrogens with two attached hydrogens (primary N) is 1. The van der Waals surface area contributed by atoms with Gasteiger partial charge in [-0.2, -0.15) is 10.2 Å². The summed E-state index contributed by atoms with van der Waals surface area (Å²) in [5, 5.41) is 8.96. The topological polar surface area (TPSA) is 93.4 Å². The Morgan fingerprint density at radius 1 is 1.25 bits per heavy atom. The zero-order chi connectivity index (χ0) is 14.1. The monoisotopic (exact) mass is 264 g/mol. The lowest BCUT2D eigenvalue weighted by Crippen LogP contribution is -2.07. The summed E-state index contributed by atoms with van der Waals surface area (Å²) in [5.41, 5.74) is 8.21. The van der Waals surface area contributed by atoms with E-state index in [0.29, 0.717) is 11.6 Å². The van der Waals surface area contributed by atoms with Gasteiger partial charge >= 0.3 is 0 Å². The number of fused-ring (bicyclic) bond motifs is 1. The highest BCUT2D eigenvalue weighted by molar-refractivity contribution is 5.78. The number of para-hydroxylation sites is 2. The molecule has 0 radical (unpaired) electrons. The number of nitrogen functional groups attached to an aromatic ring is 1. The number of imidazole rings is 1. The number of rotatable bonds is 2. The van der Waals surface area contributed by atoms with E-state index in [1.54, 1.807) is 0 Å². The summed E-state index contributed by atoms with van der Waals surface area (Å²) in [6.45, 7) is 1.85. The Bertz CT molecular complexity index is 807. The van der Waals surface area contributed by atoms with Crippen molar-refractivity contribution in [1.29, 1.82) is 5.26 Å². The van der Waals surface area contributed by atoms with E-state index in [-0.39, 0.29) is 12.4 Å². The summed E-state index contributed by atoms with van der Waals surface area (Å²) in [4.78, 5) is 12.8. The van der Waals surface area contributed by atoms with Crippen LogP contribution in [0.25, 0.3) is 16.9 Å². The predicted molar refractivity (Wildman–Crippen MR) is 75.1 cm³/mol. The Balaban J connectivity index is 2.33. The van der Waals surface area contributed by atoms with Crippen LogP contribution >= 0.6 is 0 Å². The normalized spacial score (nSPS) is 10.6. The largest absolute Gasteiger partial charge is 0.368 e. The molecule has 0 saturated heterocycles. The highest BCUT2D eigenvalue weighted by Gasteiger charge is 2.13. The average Bonchev–Trinajstić information content (AvgIpc) is 2.76. The minimum atomic E-state index is 0.206. The van der Waals surface area contributed by atoms with Gasteiger partial charge in [0, 0.05) is 11.8 Å². The number of anilines is 1. The minimum absolute atomic E-state index is 0.206. The third-order valence-electron chi connectivity index (χ3n) is 2.95. The van der Waals surface area contributed by atoms with Crippen molar-refractivity contribution >= 4 is 17.0 Å². The van der Waals surface area contributed by atoms with E-state index in [4.69, 9.17) is 11.0 Å². The Labute approximate surface area is 115 Å². The molecule has 0 bridgehead atoms. The molecule has 0 aliphatic carbocycles. The number of benzene rings is 1. The smallest absolute Gasteiger partial charge is 0.222 e. The summed E-state index contributed by atoms with van der Waals surface area (Å²) in [6, 6.07) is 11.6. The van der Waals surface area contributed by atoms with Gasteiger partial charge in [0.1, 0.15) is 11.6 Å². The molecule has 0 aliphatic rings. The number of nitrogens with zero attached hydrogens (tertiary/aromatic N) is 5. The first-order valence-electron chi connectivity index (χ1n) is 6.14. The highest BCUT2D eigenvalue weighted by atomic mass is 15.2. The SMILES string of the molecule is Cc1cc(-n2c(CC#N)nc3ccccc32)nc(N)n1. The lowest BCUT2D eigenvalue weighted by molar-refractivity contribution is 0.909. The molecule has 20 heavy (non-hydrogen) atoms. The Kier molecular flexibility index (Phi) is 2.80. The Morgan fingerprint density at radius 2 is 2.05 bits per heavy atom. The Hall–Kier alpha value is -2.94. The maximum atomic E-state index is 8.96. The molecule has 0 spiro atoms. The van der Waals surface area contributed by atoms with Gasteiger partial charge in [-0.25, -0.2) is 9.97 Å². The molecule has 0 atom stereocenters. The first-order chi connectivity index (χ1) is 9.69. The molecular weight excluding hydrogens is 252 g/mol. The molecule has 3 rings (SSSR count). The Morgan fingerprint density at radius 3 is 2.80 bits per heavy atom. The van der Waals surface area contributed by atoms with Crippen molar-refractivity contribution in [3.8, 4) is 11.9 Å². The molecule has 98 valence electrons. The summed E-state index contributed by atoms with van der Waals surface area (Å²) >= 11 is 0. The molecule has 1 aromatic carbocycles. The van der Waals surface area contributed by atoms with Gasteiger partial charge in [0.2, 0.25) is 5.95 Å². The molecular formula is C14H12N6. The quantitative estimate of drug-likeness (QED) is 0.761. The van der Waals surface area contributed by atoms with Gasteiger partial charge in [0.05, 0.1) is 23.5 Å². The number of hydrogen-bond acceptors (Lipinski definition) is 5. The lowest BCUT2D eigenvalue weighted by atomic mass is 10.3. The summed E-state index contributed by atoms with van der Waals surface area (Å²) in [7, 11) is 0. The van der Waals surface area contributed by atoms with E-state index in [2.05, 4.69) is 21.0 Å². The molecule has 0 amide bonds. The molecule has 6 heteroatoms. The highest BCUT2D eigenvalue weighted by Crippen LogP contribution is 2.21. The van der Waals surface area contributed by atoms with Gasteiger partial charge in [-0.3, -0.25) is 4.57 Å². The second-order valence-electron chi connectivity index (χ2n) is 4.41. The molecule has 6 nitrogen and oxygen atoms in total. The molecule has 3 aromatic rings. The van der Waals surface area contributed by atoms with Crippen molar-refractivity contribution in [1.82, 2.24) is 19.5 Å². The van der Waals surface area contributed by atoms with Gasteiger partial charge in [0.25, 0.3) is 0 Å². The van der Waals surface area contributed by atoms with Gasteiger partial charge < -0.3 is 5.73 Å². The summed E-state index contributed by atoms with van der Waals surface area (Å²) in [5.74, 6) is 1.49. The fraction of sp³-hybridized carbons (Fsp3) is 0.143. The first kappa shape index (κ1) is 12.1. The van der Waals surface area contributed by atoms with Crippen LogP contribution in [0.2, 0.25) is 0 Å². The van der Waals surface area contributed by atoms with Crippen LogP contribution in [0.15, 0.2) is 30.3 Å². The zero-order valence-corrected chi connectivity index (χ0v) is 10.9. The molecule has 0 fully saturated rings. The maximum absolute atomic E-state index is 8.96. The van der Waals surface area contributed by atoms with Crippen LogP contribution in [0, 0.1) is 18.3 Å². The van der Waals surface area contributed by atoms with Crippen molar-refractivity contribution in [2.75, 3.05) is 5.73 Å². The van der Waals surface area contributed by atoms with Crippen LogP contribution in [0.5, 0.6) is 0 Å². The van der Waals surface area contributed by atoms with Crippen LogP contribution in [-0.4, -0.2) is 19.5 Å². The van der Waals surface area contributed by atoms with Crippen LogP contribution in [0.3, 0.4) is 0 Å². The van der Waals surface area contributed by atoms with Crippen molar-refractivity contribution < 1.29 is 0 Å². The van der Waals surface area contributed by atoms with Crippen molar-refractivity contribution in [3.63, 3.8) is 0 Å². The molecule has 2 N–H and O–H groups in total. The second-order valence-corrected chi connectivity index (χ2v) is 4.41. The third kappa shape index (κ3) is 1.95. The van der Waals surface area contributed by atoms with Crippen molar-refractivity contribution in [3.05, 3.63) is 41.9 Å². The standard InChI is InChI=1S/C14H12N6/c1-9-8-13(19-14(16)17-9)20-11-5-3-2-4-10(11)18-12(20)6-7-15/h2-5,8H,6H2,1H3,(H2,16,17,19). The zero-order valence-electron chi connectivity index (χ0n) is 10.9. The van der Waals surface area contributed by atoms with Crippen molar-refractivity contribution in [2.45, 2.75) is 13.3 Å². The van der Waals surface area contributed by atoms with E-state index in [0.717, 1.165) is 16.7 Å². The first-order valence-corrected chi connectivity index (χ1v) is 6.14. The number of aromatic nitrogens is 4. The lowest BCUT2D eigenvalue weighted by Gasteiger charge is -2.08.